The zero-order chi connectivity index (χ0) is 23.7. The lowest BCUT2D eigenvalue weighted by molar-refractivity contribution is 0.0728. The van der Waals surface area contributed by atoms with Gasteiger partial charge in [0.1, 0.15) is 5.75 Å². The quantitative estimate of drug-likeness (QED) is 0.209. The van der Waals surface area contributed by atoms with Crippen LogP contribution in [0.4, 0.5) is 0 Å². The first-order valence-electron chi connectivity index (χ1n) is 10.2. The highest BCUT2D eigenvalue weighted by Gasteiger charge is 2.14. The first kappa shape index (κ1) is 23.8. The molecule has 0 saturated heterocycles. The highest BCUT2D eigenvalue weighted by molar-refractivity contribution is 7.89. The summed E-state index contributed by atoms with van der Waals surface area (Å²) >= 11 is 0. The maximum atomic E-state index is 12.5. The van der Waals surface area contributed by atoms with E-state index in [1.165, 1.54) is 18.3 Å². The molecule has 0 bridgehead atoms. The van der Waals surface area contributed by atoms with Crippen molar-refractivity contribution in [3.05, 3.63) is 83.9 Å². The first-order valence-corrected chi connectivity index (χ1v) is 11.7. The number of nitrogens with one attached hydrogen (secondary N) is 1. The molecule has 0 aliphatic carbocycles. The van der Waals surface area contributed by atoms with Crippen molar-refractivity contribution >= 4 is 22.2 Å². The largest absolute Gasteiger partial charge is 0.494 e. The van der Waals surface area contributed by atoms with E-state index in [1.807, 2.05) is 6.92 Å². The Morgan fingerprint density at radius 2 is 1.61 bits per heavy atom. The number of esters is 1. The smallest absolute Gasteiger partial charge is 0.343 e. The molecule has 8 nitrogen and oxygen atoms in total. The van der Waals surface area contributed by atoms with Gasteiger partial charge >= 0.3 is 5.97 Å². The lowest BCUT2D eigenvalue weighted by Gasteiger charge is -2.11. The van der Waals surface area contributed by atoms with Crippen molar-refractivity contribution in [2.24, 2.45) is 5.10 Å². The number of hydrogen-bond donors (Lipinski definition) is 1. The third kappa shape index (κ3) is 6.56. The van der Waals surface area contributed by atoms with E-state index in [1.54, 1.807) is 67.6 Å². The topological polar surface area (TPSA) is 103 Å². The van der Waals surface area contributed by atoms with Gasteiger partial charge in [-0.2, -0.15) is 13.5 Å². The monoisotopic (exact) mass is 468 g/mol. The van der Waals surface area contributed by atoms with Gasteiger partial charge in [-0.15, -0.1) is 0 Å². The number of rotatable bonds is 10. The van der Waals surface area contributed by atoms with Crippen LogP contribution in [0.2, 0.25) is 0 Å². The van der Waals surface area contributed by atoms with E-state index in [0.29, 0.717) is 35.8 Å². The van der Waals surface area contributed by atoms with Crippen LogP contribution in [-0.4, -0.2) is 33.8 Å². The lowest BCUT2D eigenvalue weighted by atomic mass is 10.2. The van der Waals surface area contributed by atoms with E-state index in [0.717, 1.165) is 0 Å². The predicted octanol–water partition coefficient (Wildman–Crippen LogP) is 4.02. The Morgan fingerprint density at radius 3 is 2.27 bits per heavy atom. The third-order valence-electron chi connectivity index (χ3n) is 4.31. The van der Waals surface area contributed by atoms with Crippen molar-refractivity contribution in [1.29, 1.82) is 0 Å². The van der Waals surface area contributed by atoms with Gasteiger partial charge in [0.2, 0.25) is 0 Å². The van der Waals surface area contributed by atoms with Crippen LogP contribution < -0.4 is 19.0 Å². The summed E-state index contributed by atoms with van der Waals surface area (Å²) in [5.74, 6) is 0.677. The summed E-state index contributed by atoms with van der Waals surface area (Å²) in [4.78, 5) is 14.8. The van der Waals surface area contributed by atoms with Crippen LogP contribution >= 0.6 is 0 Å². The van der Waals surface area contributed by atoms with Gasteiger partial charge < -0.3 is 14.2 Å². The number of benzene rings is 3. The molecule has 3 aromatic rings. The normalized spacial score (nSPS) is 11.2. The van der Waals surface area contributed by atoms with Crippen molar-refractivity contribution < 1.29 is 27.4 Å². The molecule has 0 aliphatic rings. The van der Waals surface area contributed by atoms with E-state index in [9.17, 15) is 13.2 Å². The summed E-state index contributed by atoms with van der Waals surface area (Å²) in [6, 6.07) is 19.3. The summed E-state index contributed by atoms with van der Waals surface area (Å²) in [7, 11) is -3.77. The second kappa shape index (κ2) is 11.1. The SMILES string of the molecule is CCOc1ccc(C(=O)Oc2ccc(C=NNS(=O)(=O)c3ccccc3)cc2OCC)cc1. The van der Waals surface area contributed by atoms with Crippen molar-refractivity contribution in [3.63, 3.8) is 0 Å². The Balaban J connectivity index is 1.72. The lowest BCUT2D eigenvalue weighted by Crippen LogP contribution is -2.18. The van der Waals surface area contributed by atoms with Crippen molar-refractivity contribution in [2.75, 3.05) is 13.2 Å². The summed E-state index contributed by atoms with van der Waals surface area (Å²) in [6.07, 6.45) is 1.33. The number of sulfonamides is 1. The fraction of sp³-hybridized carbons (Fsp3) is 0.167. The van der Waals surface area contributed by atoms with Gasteiger partial charge in [0, 0.05) is 0 Å². The Bertz CT molecular complexity index is 1210. The van der Waals surface area contributed by atoms with Gasteiger partial charge in [-0.3, -0.25) is 0 Å². The summed E-state index contributed by atoms with van der Waals surface area (Å²) in [5.41, 5.74) is 0.914. The van der Waals surface area contributed by atoms with Crippen LogP contribution in [0.5, 0.6) is 17.2 Å². The number of nitrogens with zero attached hydrogens (tertiary/aromatic N) is 1. The number of hydrazone groups is 1. The molecule has 0 spiro atoms. The summed E-state index contributed by atoms with van der Waals surface area (Å²) in [5, 5.41) is 3.81. The van der Waals surface area contributed by atoms with Crippen LogP contribution in [0.25, 0.3) is 0 Å². The maximum Gasteiger partial charge on any atom is 0.343 e. The van der Waals surface area contributed by atoms with E-state index in [2.05, 4.69) is 9.93 Å². The molecule has 0 atom stereocenters. The van der Waals surface area contributed by atoms with E-state index in [-0.39, 0.29) is 10.6 Å². The molecule has 3 aromatic carbocycles. The Labute approximate surface area is 192 Å². The van der Waals surface area contributed by atoms with Gasteiger partial charge in [0.05, 0.1) is 29.9 Å². The molecule has 1 N–H and O–H groups in total. The van der Waals surface area contributed by atoms with Crippen LogP contribution in [0.3, 0.4) is 0 Å². The second-order valence-corrected chi connectivity index (χ2v) is 8.31. The molecule has 0 saturated carbocycles. The molecule has 3 rings (SSSR count). The molecule has 0 radical (unpaired) electrons. The highest BCUT2D eigenvalue weighted by Crippen LogP contribution is 2.29. The average molecular weight is 469 g/mol. The maximum absolute atomic E-state index is 12.5. The second-order valence-electron chi connectivity index (χ2n) is 6.65. The minimum Gasteiger partial charge on any atom is -0.494 e. The van der Waals surface area contributed by atoms with Gasteiger partial charge in [0.25, 0.3) is 10.0 Å². The van der Waals surface area contributed by atoms with Crippen LogP contribution in [-0.2, 0) is 10.0 Å². The molecule has 172 valence electrons. The Morgan fingerprint density at radius 1 is 0.909 bits per heavy atom. The van der Waals surface area contributed by atoms with E-state index < -0.39 is 16.0 Å². The summed E-state index contributed by atoms with van der Waals surface area (Å²) in [6.45, 7) is 4.55. The molecular weight excluding hydrogens is 444 g/mol. The fourth-order valence-corrected chi connectivity index (χ4v) is 3.61. The van der Waals surface area contributed by atoms with E-state index >= 15 is 0 Å². The van der Waals surface area contributed by atoms with E-state index in [4.69, 9.17) is 14.2 Å². The standard InChI is InChI=1S/C24H24N2O6S/c1-3-30-20-13-11-19(12-14-20)24(27)32-22-15-10-18(16-23(22)31-4-2)17-25-26-33(28,29)21-8-6-5-7-9-21/h5-17,26H,3-4H2,1-2H3. The minimum atomic E-state index is -3.77. The van der Waals surface area contributed by atoms with Crippen molar-refractivity contribution in [3.8, 4) is 17.2 Å². The van der Waals surface area contributed by atoms with Crippen molar-refractivity contribution in [2.45, 2.75) is 18.7 Å². The molecule has 0 aliphatic heterocycles. The number of hydrogen-bond acceptors (Lipinski definition) is 7. The predicted molar refractivity (Wildman–Crippen MR) is 125 cm³/mol. The number of carbonyl (C=O) groups excluding carboxylic acids is 1. The van der Waals surface area contributed by atoms with Crippen LogP contribution in [0, 0.1) is 0 Å². The van der Waals surface area contributed by atoms with Crippen LogP contribution in [0.1, 0.15) is 29.8 Å². The van der Waals surface area contributed by atoms with Crippen LogP contribution in [0.15, 0.2) is 82.8 Å². The minimum absolute atomic E-state index is 0.105. The Kier molecular flexibility index (Phi) is 8.04. The molecule has 0 amide bonds. The fourth-order valence-electron chi connectivity index (χ4n) is 2.79. The molecule has 0 fully saturated rings. The molecular formula is C24H24N2O6S. The van der Waals surface area contributed by atoms with Gasteiger partial charge in [-0.25, -0.2) is 9.63 Å². The average Bonchev–Trinajstić information content (AvgIpc) is 2.82. The molecule has 0 heterocycles. The molecule has 9 heteroatoms. The van der Waals surface area contributed by atoms with Crippen molar-refractivity contribution in [1.82, 2.24) is 4.83 Å². The Hall–Kier alpha value is -3.85. The van der Waals surface area contributed by atoms with Gasteiger partial charge in [-0.05, 0) is 74.0 Å². The zero-order valence-electron chi connectivity index (χ0n) is 18.2. The first-order chi connectivity index (χ1) is 15.9. The molecule has 0 unspecified atom stereocenters. The van der Waals surface area contributed by atoms with Gasteiger partial charge in [-0.1, -0.05) is 18.2 Å². The summed E-state index contributed by atoms with van der Waals surface area (Å²) < 4.78 is 40.9. The number of ether oxygens (including phenoxy) is 3. The zero-order valence-corrected chi connectivity index (χ0v) is 19.0. The molecule has 33 heavy (non-hydrogen) atoms. The van der Waals surface area contributed by atoms with Gasteiger partial charge in [0.15, 0.2) is 11.5 Å². The highest BCUT2D eigenvalue weighted by atomic mass is 32.2. The third-order valence-corrected chi connectivity index (χ3v) is 5.55. The number of carbonyl (C=O) groups is 1. The molecule has 0 aromatic heterocycles.